The summed E-state index contributed by atoms with van der Waals surface area (Å²) >= 11 is 0. The highest BCUT2D eigenvalue weighted by atomic mass is 16.5. The summed E-state index contributed by atoms with van der Waals surface area (Å²) in [6, 6.07) is 18.3. The van der Waals surface area contributed by atoms with Crippen molar-refractivity contribution in [2.75, 3.05) is 0 Å². The molecule has 1 atom stereocenters. The third-order valence-electron chi connectivity index (χ3n) is 4.77. The molecule has 0 aliphatic carbocycles. The Morgan fingerprint density at radius 3 is 2.45 bits per heavy atom. The SMILES string of the molecule is O=C(NCc1n[nH]c(COc2ccccc2)n1)C(=O)NC(Cc1ncc[nH]1)c1ccccc1. The molecule has 2 heterocycles. The number of para-hydroxylation sites is 1. The smallest absolute Gasteiger partial charge is 0.309 e. The lowest BCUT2D eigenvalue weighted by Gasteiger charge is -2.18. The highest BCUT2D eigenvalue weighted by molar-refractivity contribution is 6.35. The second-order valence-electron chi connectivity index (χ2n) is 7.16. The number of ether oxygens (including phenoxy) is 1. The predicted octanol–water partition coefficient (Wildman–Crippen LogP) is 1.82. The summed E-state index contributed by atoms with van der Waals surface area (Å²) in [4.78, 5) is 36.4. The molecule has 0 radical (unpaired) electrons. The number of carbonyl (C=O) groups excluding carboxylic acids is 2. The second kappa shape index (κ2) is 10.7. The number of rotatable bonds is 9. The van der Waals surface area contributed by atoms with Crippen molar-refractivity contribution in [3.8, 4) is 5.75 Å². The van der Waals surface area contributed by atoms with Crippen molar-refractivity contribution in [1.29, 1.82) is 0 Å². The molecule has 0 saturated heterocycles. The van der Waals surface area contributed by atoms with E-state index in [-0.39, 0.29) is 13.2 Å². The summed E-state index contributed by atoms with van der Waals surface area (Å²) in [5.74, 6) is 0.743. The summed E-state index contributed by atoms with van der Waals surface area (Å²) in [5.41, 5.74) is 0.868. The van der Waals surface area contributed by atoms with Gasteiger partial charge in [-0.1, -0.05) is 48.5 Å². The molecule has 0 saturated carbocycles. The maximum absolute atomic E-state index is 12.5. The number of imidazole rings is 1. The Morgan fingerprint density at radius 2 is 1.73 bits per heavy atom. The largest absolute Gasteiger partial charge is 0.486 e. The Morgan fingerprint density at radius 1 is 0.970 bits per heavy atom. The summed E-state index contributed by atoms with van der Waals surface area (Å²) in [6.45, 7) is 0.208. The Labute approximate surface area is 189 Å². The molecule has 2 amide bonds. The van der Waals surface area contributed by atoms with Gasteiger partial charge in [-0.3, -0.25) is 14.7 Å². The van der Waals surface area contributed by atoms with Crippen LogP contribution in [0.2, 0.25) is 0 Å². The Bertz CT molecular complexity index is 1160. The second-order valence-corrected chi connectivity index (χ2v) is 7.16. The molecule has 4 rings (SSSR count). The van der Waals surface area contributed by atoms with Crippen molar-refractivity contribution in [2.24, 2.45) is 0 Å². The van der Waals surface area contributed by atoms with Gasteiger partial charge < -0.3 is 20.4 Å². The van der Waals surface area contributed by atoms with Crippen molar-refractivity contribution in [2.45, 2.75) is 25.6 Å². The molecule has 0 fully saturated rings. The summed E-state index contributed by atoms with van der Waals surface area (Å²) in [5, 5.41) is 12.1. The summed E-state index contributed by atoms with van der Waals surface area (Å²) < 4.78 is 5.61. The molecule has 0 spiro atoms. The molecule has 4 aromatic rings. The van der Waals surface area contributed by atoms with Crippen LogP contribution < -0.4 is 15.4 Å². The van der Waals surface area contributed by atoms with Gasteiger partial charge in [0.1, 0.15) is 18.2 Å². The first kappa shape index (κ1) is 21.8. The van der Waals surface area contributed by atoms with Gasteiger partial charge >= 0.3 is 11.8 Å². The van der Waals surface area contributed by atoms with Gasteiger partial charge in [-0.05, 0) is 17.7 Å². The molecule has 1 unspecified atom stereocenters. The van der Waals surface area contributed by atoms with Crippen LogP contribution >= 0.6 is 0 Å². The van der Waals surface area contributed by atoms with Crippen molar-refractivity contribution in [3.05, 3.63) is 96.1 Å². The molecule has 0 bridgehead atoms. The lowest BCUT2D eigenvalue weighted by atomic mass is 10.0. The van der Waals surface area contributed by atoms with E-state index in [0.29, 0.717) is 29.6 Å². The number of aromatic nitrogens is 5. The van der Waals surface area contributed by atoms with E-state index >= 15 is 0 Å². The average Bonchev–Trinajstić information content (AvgIpc) is 3.54. The van der Waals surface area contributed by atoms with Gasteiger partial charge in [-0.15, -0.1) is 0 Å². The quantitative estimate of drug-likeness (QED) is 0.290. The van der Waals surface area contributed by atoms with E-state index < -0.39 is 17.9 Å². The number of amides is 2. The third-order valence-corrected chi connectivity index (χ3v) is 4.77. The first-order valence-corrected chi connectivity index (χ1v) is 10.4. The Kier molecular flexibility index (Phi) is 7.06. The maximum Gasteiger partial charge on any atom is 0.309 e. The molecule has 10 nitrogen and oxygen atoms in total. The van der Waals surface area contributed by atoms with Crippen molar-refractivity contribution in [3.63, 3.8) is 0 Å². The highest BCUT2D eigenvalue weighted by Crippen LogP contribution is 2.16. The molecule has 10 heteroatoms. The van der Waals surface area contributed by atoms with Crippen LogP contribution in [0.5, 0.6) is 5.75 Å². The molecular weight excluding hydrogens is 422 g/mol. The first-order valence-electron chi connectivity index (χ1n) is 10.4. The van der Waals surface area contributed by atoms with Gasteiger partial charge in [0.2, 0.25) is 0 Å². The fraction of sp³-hybridized carbons (Fsp3) is 0.174. The van der Waals surface area contributed by atoms with Gasteiger partial charge in [0.15, 0.2) is 11.6 Å². The fourth-order valence-electron chi connectivity index (χ4n) is 3.15. The van der Waals surface area contributed by atoms with E-state index in [9.17, 15) is 9.59 Å². The van der Waals surface area contributed by atoms with Crippen LogP contribution in [0.25, 0.3) is 0 Å². The van der Waals surface area contributed by atoms with Crippen LogP contribution in [0.3, 0.4) is 0 Å². The van der Waals surface area contributed by atoms with E-state index in [1.807, 2.05) is 60.7 Å². The van der Waals surface area contributed by atoms with E-state index in [2.05, 4.69) is 35.8 Å². The van der Waals surface area contributed by atoms with E-state index in [4.69, 9.17) is 4.74 Å². The molecule has 0 aliphatic heterocycles. The minimum Gasteiger partial charge on any atom is -0.486 e. The van der Waals surface area contributed by atoms with Gasteiger partial charge in [-0.25, -0.2) is 9.97 Å². The minimum absolute atomic E-state index is 0.00226. The predicted molar refractivity (Wildman–Crippen MR) is 119 cm³/mol. The average molecular weight is 445 g/mol. The molecule has 168 valence electrons. The number of hydrogen-bond donors (Lipinski definition) is 4. The molecule has 0 aliphatic rings. The fourth-order valence-corrected chi connectivity index (χ4v) is 3.15. The summed E-state index contributed by atoms with van der Waals surface area (Å²) in [6.07, 6.45) is 3.77. The normalized spacial score (nSPS) is 11.5. The van der Waals surface area contributed by atoms with Crippen LogP contribution in [-0.4, -0.2) is 37.0 Å². The zero-order valence-corrected chi connectivity index (χ0v) is 17.7. The first-order chi connectivity index (χ1) is 16.2. The van der Waals surface area contributed by atoms with Crippen LogP contribution in [0.4, 0.5) is 0 Å². The number of benzene rings is 2. The molecule has 2 aromatic heterocycles. The number of hydrogen-bond acceptors (Lipinski definition) is 6. The molecule has 4 N–H and O–H groups in total. The maximum atomic E-state index is 12.5. The van der Waals surface area contributed by atoms with Crippen LogP contribution in [0, 0.1) is 0 Å². The van der Waals surface area contributed by atoms with E-state index in [1.54, 1.807) is 12.4 Å². The zero-order chi connectivity index (χ0) is 22.9. The van der Waals surface area contributed by atoms with Crippen molar-refractivity contribution >= 4 is 11.8 Å². The highest BCUT2D eigenvalue weighted by Gasteiger charge is 2.21. The van der Waals surface area contributed by atoms with E-state index in [0.717, 1.165) is 5.56 Å². The number of carbonyl (C=O) groups is 2. The van der Waals surface area contributed by atoms with Gasteiger partial charge in [0.25, 0.3) is 0 Å². The van der Waals surface area contributed by atoms with Crippen molar-refractivity contribution in [1.82, 2.24) is 35.8 Å². The van der Waals surface area contributed by atoms with Crippen LogP contribution in [0.15, 0.2) is 73.1 Å². The topological polar surface area (TPSA) is 138 Å². The lowest BCUT2D eigenvalue weighted by molar-refractivity contribution is -0.139. The number of nitrogens with one attached hydrogen (secondary N) is 4. The Balaban J connectivity index is 1.29. The minimum atomic E-state index is -0.776. The zero-order valence-electron chi connectivity index (χ0n) is 17.7. The van der Waals surface area contributed by atoms with Crippen molar-refractivity contribution < 1.29 is 14.3 Å². The third kappa shape index (κ3) is 6.26. The summed E-state index contributed by atoms with van der Waals surface area (Å²) in [7, 11) is 0. The molecule has 33 heavy (non-hydrogen) atoms. The lowest BCUT2D eigenvalue weighted by Crippen LogP contribution is -2.42. The molecular formula is C23H23N7O3. The number of nitrogens with zero attached hydrogens (tertiary/aromatic N) is 3. The van der Waals surface area contributed by atoms with Gasteiger partial charge in [0.05, 0.1) is 12.6 Å². The van der Waals surface area contributed by atoms with Gasteiger partial charge in [-0.2, -0.15) is 5.10 Å². The van der Waals surface area contributed by atoms with Gasteiger partial charge in [0, 0.05) is 18.8 Å². The van der Waals surface area contributed by atoms with Crippen LogP contribution in [0.1, 0.15) is 29.1 Å². The molecule has 2 aromatic carbocycles. The van der Waals surface area contributed by atoms with Crippen LogP contribution in [-0.2, 0) is 29.2 Å². The standard InChI is InChI=1S/C23H23N7O3/c31-22(26-14-20-28-21(30-29-20)15-33-17-9-5-2-6-10-17)23(32)27-18(13-19-24-11-12-25-19)16-7-3-1-4-8-16/h1-12,18H,13-15H2,(H,24,25)(H,26,31)(H,27,32)(H,28,29,30). The monoisotopic (exact) mass is 445 g/mol. The Hall–Kier alpha value is -4.47. The number of aromatic amines is 2. The van der Waals surface area contributed by atoms with E-state index in [1.165, 1.54) is 0 Å². The number of H-pyrrole nitrogens is 2.